The van der Waals surface area contributed by atoms with E-state index in [2.05, 4.69) is 10.0 Å². The number of hydrogen-bond donors (Lipinski definition) is 3. The fourth-order valence-electron chi connectivity index (χ4n) is 2.13. The van der Waals surface area contributed by atoms with Gasteiger partial charge in [-0.25, -0.2) is 12.8 Å². The highest BCUT2D eigenvalue weighted by Crippen LogP contribution is 2.20. The molecule has 2 aromatic rings. The lowest BCUT2D eigenvalue weighted by Crippen LogP contribution is -2.37. The number of benzene rings is 2. The molecule has 0 saturated heterocycles. The Hall–Kier alpha value is -2.45. The van der Waals surface area contributed by atoms with Crippen molar-refractivity contribution < 1.29 is 22.7 Å². The van der Waals surface area contributed by atoms with Gasteiger partial charge in [0.25, 0.3) is 15.9 Å². The molecule has 0 heterocycles. The molecule has 3 N–H and O–H groups in total. The van der Waals surface area contributed by atoms with Crippen molar-refractivity contribution >= 4 is 21.6 Å². The lowest BCUT2D eigenvalue weighted by atomic mass is 10.1. The molecule has 1 amide bonds. The van der Waals surface area contributed by atoms with Crippen LogP contribution in [0.5, 0.6) is 0 Å². The van der Waals surface area contributed by atoms with E-state index < -0.39 is 27.8 Å². The standard InChI is InChI=1S/C17H19FN2O4S/c1-2-13(11-21)19-17(22)15-5-3-4-6-16(15)20-25(23,24)14-9-7-12(18)8-10-14/h3-10,13,20-21H,2,11H2,1H3,(H,19,22). The number of amides is 1. The summed E-state index contributed by atoms with van der Waals surface area (Å²) in [5, 5.41) is 11.8. The lowest BCUT2D eigenvalue weighted by molar-refractivity contribution is 0.0916. The Labute approximate surface area is 145 Å². The van der Waals surface area contributed by atoms with Crippen LogP contribution < -0.4 is 10.0 Å². The monoisotopic (exact) mass is 366 g/mol. The first-order chi connectivity index (χ1) is 11.9. The van der Waals surface area contributed by atoms with E-state index in [1.54, 1.807) is 12.1 Å². The zero-order valence-corrected chi connectivity index (χ0v) is 14.4. The van der Waals surface area contributed by atoms with Crippen LogP contribution >= 0.6 is 0 Å². The van der Waals surface area contributed by atoms with Crippen LogP contribution in [0.3, 0.4) is 0 Å². The molecule has 8 heteroatoms. The van der Waals surface area contributed by atoms with Crippen LogP contribution in [0.15, 0.2) is 53.4 Å². The van der Waals surface area contributed by atoms with E-state index in [9.17, 15) is 22.7 Å². The van der Waals surface area contributed by atoms with Gasteiger partial charge in [0, 0.05) is 0 Å². The van der Waals surface area contributed by atoms with Crippen molar-refractivity contribution in [3.05, 3.63) is 59.9 Å². The summed E-state index contributed by atoms with van der Waals surface area (Å²) >= 11 is 0. The minimum absolute atomic E-state index is 0.0946. The number of rotatable bonds is 7. The Morgan fingerprint density at radius 3 is 2.40 bits per heavy atom. The molecule has 134 valence electrons. The predicted octanol–water partition coefficient (Wildman–Crippen LogP) is 2.13. The molecule has 0 spiro atoms. The maximum Gasteiger partial charge on any atom is 0.261 e. The van der Waals surface area contributed by atoms with Gasteiger partial charge in [0.2, 0.25) is 0 Å². The van der Waals surface area contributed by atoms with E-state index >= 15 is 0 Å². The number of para-hydroxylation sites is 1. The summed E-state index contributed by atoms with van der Waals surface area (Å²) in [4.78, 5) is 12.2. The van der Waals surface area contributed by atoms with E-state index in [1.807, 2.05) is 6.92 Å². The third kappa shape index (κ3) is 4.77. The molecule has 0 saturated carbocycles. The first-order valence-corrected chi connectivity index (χ1v) is 9.15. The average Bonchev–Trinajstić information content (AvgIpc) is 2.60. The molecule has 0 aromatic heterocycles. The summed E-state index contributed by atoms with van der Waals surface area (Å²) in [5.74, 6) is -1.05. The maximum atomic E-state index is 13.0. The van der Waals surface area contributed by atoms with Crippen LogP contribution in [0.4, 0.5) is 10.1 Å². The van der Waals surface area contributed by atoms with Gasteiger partial charge in [-0.05, 0) is 42.8 Å². The second-order valence-electron chi connectivity index (χ2n) is 5.37. The second kappa shape index (κ2) is 8.09. The van der Waals surface area contributed by atoms with E-state index in [1.165, 1.54) is 12.1 Å². The van der Waals surface area contributed by atoms with E-state index in [0.29, 0.717) is 6.42 Å². The Morgan fingerprint density at radius 2 is 1.80 bits per heavy atom. The fraction of sp³-hybridized carbons (Fsp3) is 0.235. The number of carbonyl (C=O) groups is 1. The van der Waals surface area contributed by atoms with Crippen molar-refractivity contribution in [2.24, 2.45) is 0 Å². The van der Waals surface area contributed by atoms with Crippen molar-refractivity contribution in [1.29, 1.82) is 0 Å². The van der Waals surface area contributed by atoms with Crippen molar-refractivity contribution in [1.82, 2.24) is 5.32 Å². The van der Waals surface area contributed by atoms with Gasteiger partial charge in [-0.1, -0.05) is 19.1 Å². The largest absolute Gasteiger partial charge is 0.394 e. The van der Waals surface area contributed by atoms with Gasteiger partial charge in [0.15, 0.2) is 0 Å². The minimum atomic E-state index is -3.97. The molecule has 25 heavy (non-hydrogen) atoms. The number of hydrogen-bond acceptors (Lipinski definition) is 4. The van der Waals surface area contributed by atoms with Gasteiger partial charge < -0.3 is 10.4 Å². The van der Waals surface area contributed by atoms with Crippen LogP contribution in [0, 0.1) is 5.82 Å². The summed E-state index contributed by atoms with van der Waals surface area (Å²) in [6.07, 6.45) is 0.533. The normalized spacial score (nSPS) is 12.4. The number of anilines is 1. The predicted molar refractivity (Wildman–Crippen MR) is 92.3 cm³/mol. The quantitative estimate of drug-likeness (QED) is 0.699. The van der Waals surface area contributed by atoms with Crippen LogP contribution in [-0.4, -0.2) is 32.1 Å². The maximum absolute atomic E-state index is 13.0. The van der Waals surface area contributed by atoms with Gasteiger partial charge in [0.1, 0.15) is 5.82 Å². The molecular formula is C17H19FN2O4S. The van der Waals surface area contributed by atoms with Crippen molar-refractivity contribution in [2.45, 2.75) is 24.3 Å². The van der Waals surface area contributed by atoms with Crippen molar-refractivity contribution in [3.63, 3.8) is 0 Å². The zero-order valence-electron chi connectivity index (χ0n) is 13.6. The van der Waals surface area contributed by atoms with E-state index in [0.717, 1.165) is 24.3 Å². The highest BCUT2D eigenvalue weighted by atomic mass is 32.2. The van der Waals surface area contributed by atoms with Crippen LogP contribution in [0.1, 0.15) is 23.7 Å². The number of halogens is 1. The smallest absolute Gasteiger partial charge is 0.261 e. The molecule has 0 radical (unpaired) electrons. The Morgan fingerprint density at radius 1 is 1.16 bits per heavy atom. The first-order valence-electron chi connectivity index (χ1n) is 7.66. The number of aliphatic hydroxyl groups is 1. The summed E-state index contributed by atoms with van der Waals surface area (Å²) in [6.45, 7) is 1.59. The molecule has 0 aliphatic rings. The zero-order chi connectivity index (χ0) is 18.4. The Bertz CT molecular complexity index is 834. The summed E-state index contributed by atoms with van der Waals surface area (Å²) < 4.78 is 40.1. The Kier molecular flexibility index (Phi) is 6.11. The highest BCUT2D eigenvalue weighted by Gasteiger charge is 2.19. The third-order valence-corrected chi connectivity index (χ3v) is 4.97. The van der Waals surface area contributed by atoms with Crippen molar-refractivity contribution in [2.75, 3.05) is 11.3 Å². The van der Waals surface area contributed by atoms with Gasteiger partial charge in [0.05, 0.1) is 28.8 Å². The minimum Gasteiger partial charge on any atom is -0.394 e. The average molecular weight is 366 g/mol. The summed E-state index contributed by atoms with van der Waals surface area (Å²) in [7, 11) is -3.97. The summed E-state index contributed by atoms with van der Waals surface area (Å²) in [6, 6.07) is 10.1. The van der Waals surface area contributed by atoms with Gasteiger partial charge in [-0.3, -0.25) is 9.52 Å². The van der Waals surface area contributed by atoms with Crippen LogP contribution in [0.25, 0.3) is 0 Å². The molecule has 1 atom stereocenters. The SMILES string of the molecule is CCC(CO)NC(=O)c1ccccc1NS(=O)(=O)c1ccc(F)cc1. The van der Waals surface area contributed by atoms with Crippen molar-refractivity contribution in [3.8, 4) is 0 Å². The number of carbonyl (C=O) groups excluding carboxylic acids is 1. The number of nitrogens with one attached hydrogen (secondary N) is 2. The van der Waals surface area contributed by atoms with Gasteiger partial charge >= 0.3 is 0 Å². The molecular weight excluding hydrogens is 347 g/mol. The molecule has 2 aromatic carbocycles. The van der Waals surface area contributed by atoms with Crippen LogP contribution in [-0.2, 0) is 10.0 Å². The molecule has 0 aliphatic heterocycles. The van der Waals surface area contributed by atoms with Gasteiger partial charge in [-0.2, -0.15) is 0 Å². The molecule has 1 unspecified atom stereocenters. The summed E-state index contributed by atoms with van der Waals surface area (Å²) in [5.41, 5.74) is 0.220. The number of aliphatic hydroxyl groups excluding tert-OH is 1. The molecule has 0 fully saturated rings. The van der Waals surface area contributed by atoms with Gasteiger partial charge in [-0.15, -0.1) is 0 Å². The molecule has 0 bridgehead atoms. The number of sulfonamides is 1. The van der Waals surface area contributed by atoms with E-state index in [-0.39, 0.29) is 22.8 Å². The topological polar surface area (TPSA) is 95.5 Å². The lowest BCUT2D eigenvalue weighted by Gasteiger charge is -2.16. The first kappa shape index (κ1) is 18.9. The molecule has 2 rings (SSSR count). The van der Waals surface area contributed by atoms with E-state index in [4.69, 9.17) is 0 Å². The second-order valence-corrected chi connectivity index (χ2v) is 7.05. The van der Waals surface area contributed by atoms with Crippen LogP contribution in [0.2, 0.25) is 0 Å². The molecule has 0 aliphatic carbocycles. The molecule has 6 nitrogen and oxygen atoms in total. The Balaban J connectivity index is 2.28. The highest BCUT2D eigenvalue weighted by molar-refractivity contribution is 7.92. The third-order valence-electron chi connectivity index (χ3n) is 3.59. The fourth-order valence-corrected chi connectivity index (χ4v) is 3.21.